The van der Waals surface area contributed by atoms with Gasteiger partial charge in [0.05, 0.1) is 26.4 Å². The highest BCUT2D eigenvalue weighted by molar-refractivity contribution is 7.80. The Balaban J connectivity index is 2.58. The molecule has 0 radical (unpaired) electrons. The van der Waals surface area contributed by atoms with Crippen molar-refractivity contribution < 1.29 is 37.3 Å². The zero-order valence-electron chi connectivity index (χ0n) is 15.4. The Kier molecular flexibility index (Phi) is 6.60. The van der Waals surface area contributed by atoms with E-state index in [4.69, 9.17) is 26.4 Å². The standard InChI is InChI=1S/C17H21F3N2O5S/c1-4-26-10-7-6-9(8-11(10)25-3)13-12(14(23)27-5-2)16(24,17(18,19)20)22-15(28)21-13/h6-8,12-13,24H,4-5H2,1-3H3,(H2,21,22,28)/t12-,13+,16-/m0/s1. The molecule has 2 rings (SSSR count). The molecule has 1 saturated heterocycles. The van der Waals surface area contributed by atoms with Crippen molar-refractivity contribution in [2.75, 3.05) is 20.3 Å². The number of rotatable bonds is 6. The number of carbonyl (C=O) groups excluding carboxylic acids is 1. The second-order valence-corrected chi connectivity index (χ2v) is 6.32. The van der Waals surface area contributed by atoms with Crippen LogP contribution in [-0.4, -0.2) is 48.4 Å². The molecule has 7 nitrogen and oxygen atoms in total. The summed E-state index contributed by atoms with van der Waals surface area (Å²) < 4.78 is 56.5. The Hall–Kier alpha value is -2.27. The van der Waals surface area contributed by atoms with E-state index in [-0.39, 0.29) is 17.9 Å². The van der Waals surface area contributed by atoms with Crippen molar-refractivity contribution in [2.24, 2.45) is 5.92 Å². The van der Waals surface area contributed by atoms with Gasteiger partial charge in [-0.2, -0.15) is 13.2 Å². The Bertz CT molecular complexity index is 746. The van der Waals surface area contributed by atoms with E-state index in [1.54, 1.807) is 12.2 Å². The molecule has 1 heterocycles. The third kappa shape index (κ3) is 4.09. The van der Waals surface area contributed by atoms with E-state index < -0.39 is 34.9 Å². The maximum atomic E-state index is 13.7. The quantitative estimate of drug-likeness (QED) is 0.474. The fraction of sp³-hybridized carbons (Fsp3) is 0.529. The van der Waals surface area contributed by atoms with Crippen molar-refractivity contribution in [1.82, 2.24) is 10.6 Å². The first-order chi connectivity index (χ1) is 13.1. The number of hydrogen-bond donors (Lipinski definition) is 3. The monoisotopic (exact) mass is 422 g/mol. The lowest BCUT2D eigenvalue weighted by molar-refractivity contribution is -0.292. The van der Waals surface area contributed by atoms with Gasteiger partial charge in [0.2, 0.25) is 0 Å². The minimum Gasteiger partial charge on any atom is -0.493 e. The predicted molar refractivity (Wildman–Crippen MR) is 96.9 cm³/mol. The molecule has 1 aromatic carbocycles. The molecule has 3 N–H and O–H groups in total. The molecule has 1 aliphatic rings. The molecule has 0 saturated carbocycles. The first-order valence-corrected chi connectivity index (χ1v) is 8.85. The highest BCUT2D eigenvalue weighted by Gasteiger charge is 2.66. The molecule has 0 amide bonds. The number of halogens is 3. The van der Waals surface area contributed by atoms with Crippen molar-refractivity contribution >= 4 is 23.3 Å². The fourth-order valence-corrected chi connectivity index (χ4v) is 3.25. The minimum absolute atomic E-state index is 0.160. The molecule has 1 aromatic rings. The summed E-state index contributed by atoms with van der Waals surface area (Å²) in [5, 5.41) is 14.3. The van der Waals surface area contributed by atoms with E-state index in [0.717, 1.165) is 0 Å². The number of benzene rings is 1. The Labute approximate surface area is 165 Å². The summed E-state index contributed by atoms with van der Waals surface area (Å²) in [6.07, 6.45) is -5.20. The van der Waals surface area contributed by atoms with Crippen molar-refractivity contribution in [1.29, 1.82) is 0 Å². The second kappa shape index (κ2) is 8.39. The molecule has 1 fully saturated rings. The number of ether oxygens (including phenoxy) is 3. The smallest absolute Gasteiger partial charge is 0.437 e. The van der Waals surface area contributed by atoms with Crippen LogP contribution in [0.2, 0.25) is 0 Å². The zero-order valence-corrected chi connectivity index (χ0v) is 16.2. The van der Waals surface area contributed by atoms with Gasteiger partial charge in [-0.1, -0.05) is 6.07 Å². The van der Waals surface area contributed by atoms with Crippen LogP contribution in [0.25, 0.3) is 0 Å². The number of hydrogen-bond acceptors (Lipinski definition) is 6. The van der Waals surface area contributed by atoms with Crippen LogP contribution in [0.4, 0.5) is 13.2 Å². The van der Waals surface area contributed by atoms with Crippen molar-refractivity contribution in [2.45, 2.75) is 31.8 Å². The van der Waals surface area contributed by atoms with Gasteiger partial charge >= 0.3 is 12.1 Å². The van der Waals surface area contributed by atoms with Gasteiger partial charge in [-0.25, -0.2) is 0 Å². The van der Waals surface area contributed by atoms with Gasteiger partial charge in [0, 0.05) is 0 Å². The Morgan fingerprint density at radius 3 is 2.50 bits per heavy atom. The zero-order chi connectivity index (χ0) is 21.1. The predicted octanol–water partition coefficient (Wildman–Crippen LogP) is 2.04. The summed E-state index contributed by atoms with van der Waals surface area (Å²) in [4.78, 5) is 12.4. The molecule has 1 aliphatic heterocycles. The van der Waals surface area contributed by atoms with E-state index in [1.165, 1.54) is 32.2 Å². The van der Waals surface area contributed by atoms with Crippen molar-refractivity contribution in [3.8, 4) is 11.5 Å². The summed E-state index contributed by atoms with van der Waals surface area (Å²) in [7, 11) is 1.37. The lowest BCUT2D eigenvalue weighted by Gasteiger charge is -2.45. The van der Waals surface area contributed by atoms with Crippen LogP contribution in [0.5, 0.6) is 11.5 Å². The number of thiocarbonyl (C=S) groups is 1. The fourth-order valence-electron chi connectivity index (χ4n) is 2.97. The summed E-state index contributed by atoms with van der Waals surface area (Å²) in [6, 6.07) is 3.05. The van der Waals surface area contributed by atoms with Crippen LogP contribution in [0.15, 0.2) is 18.2 Å². The lowest BCUT2D eigenvalue weighted by Crippen LogP contribution is -2.73. The summed E-state index contributed by atoms with van der Waals surface area (Å²) in [6.45, 7) is 3.41. The number of aliphatic hydroxyl groups is 1. The van der Waals surface area contributed by atoms with E-state index in [2.05, 4.69) is 5.32 Å². The molecular formula is C17H21F3N2O5S. The van der Waals surface area contributed by atoms with Crippen LogP contribution in [0, 0.1) is 5.92 Å². The molecule has 0 aliphatic carbocycles. The normalized spacial score (nSPS) is 24.8. The van der Waals surface area contributed by atoms with Crippen LogP contribution in [0.3, 0.4) is 0 Å². The molecule has 156 valence electrons. The highest BCUT2D eigenvalue weighted by atomic mass is 32.1. The molecule has 0 unspecified atom stereocenters. The topological polar surface area (TPSA) is 89.1 Å². The maximum absolute atomic E-state index is 13.7. The van der Waals surface area contributed by atoms with Crippen LogP contribution in [0.1, 0.15) is 25.5 Å². The third-order valence-electron chi connectivity index (χ3n) is 4.19. The van der Waals surface area contributed by atoms with Gasteiger partial charge in [0.1, 0.15) is 5.92 Å². The van der Waals surface area contributed by atoms with Crippen molar-refractivity contribution in [3.63, 3.8) is 0 Å². The van der Waals surface area contributed by atoms with E-state index in [0.29, 0.717) is 12.4 Å². The van der Waals surface area contributed by atoms with Crippen molar-refractivity contribution in [3.05, 3.63) is 23.8 Å². The van der Waals surface area contributed by atoms with Crippen LogP contribution >= 0.6 is 12.2 Å². The molecule has 0 aromatic heterocycles. The number of methoxy groups -OCH3 is 1. The summed E-state index contributed by atoms with van der Waals surface area (Å²) in [5.74, 6) is -2.67. The molecule has 3 atom stereocenters. The maximum Gasteiger partial charge on any atom is 0.437 e. The average molecular weight is 422 g/mol. The Morgan fingerprint density at radius 1 is 1.29 bits per heavy atom. The van der Waals surface area contributed by atoms with Gasteiger partial charge in [0.25, 0.3) is 5.72 Å². The summed E-state index contributed by atoms with van der Waals surface area (Å²) >= 11 is 4.84. The van der Waals surface area contributed by atoms with Crippen LogP contribution in [-0.2, 0) is 9.53 Å². The number of nitrogens with one attached hydrogen (secondary N) is 2. The highest BCUT2D eigenvalue weighted by Crippen LogP contribution is 2.44. The first kappa shape index (κ1) is 22.0. The molecule has 11 heteroatoms. The molecule has 28 heavy (non-hydrogen) atoms. The largest absolute Gasteiger partial charge is 0.493 e. The Morgan fingerprint density at radius 2 is 1.96 bits per heavy atom. The average Bonchev–Trinajstić information content (AvgIpc) is 2.60. The van der Waals surface area contributed by atoms with Crippen LogP contribution < -0.4 is 20.1 Å². The minimum atomic E-state index is -5.20. The first-order valence-electron chi connectivity index (χ1n) is 8.44. The molecule has 0 bridgehead atoms. The number of carbonyl (C=O) groups is 1. The summed E-state index contributed by atoms with van der Waals surface area (Å²) in [5.41, 5.74) is -3.39. The van der Waals surface area contributed by atoms with Gasteiger partial charge in [-0.05, 0) is 43.8 Å². The number of alkyl halides is 3. The van der Waals surface area contributed by atoms with E-state index in [9.17, 15) is 23.1 Å². The molecule has 0 spiro atoms. The lowest BCUT2D eigenvalue weighted by atomic mass is 9.82. The molecular weight excluding hydrogens is 401 g/mol. The van der Waals surface area contributed by atoms with Gasteiger partial charge in [0.15, 0.2) is 16.6 Å². The second-order valence-electron chi connectivity index (χ2n) is 5.91. The number of esters is 1. The van der Waals surface area contributed by atoms with Gasteiger partial charge in [-0.15, -0.1) is 0 Å². The SMILES string of the molecule is CCOC(=O)[C@@H]1[C@@H](c2ccc(OCC)c(OC)c2)NC(=S)N[C@@]1(O)C(F)(F)F. The van der Waals surface area contributed by atoms with E-state index >= 15 is 0 Å². The van der Waals surface area contributed by atoms with Gasteiger partial charge in [-0.3, -0.25) is 4.79 Å². The van der Waals surface area contributed by atoms with Gasteiger partial charge < -0.3 is 30.0 Å². The van der Waals surface area contributed by atoms with E-state index in [1.807, 2.05) is 0 Å². The third-order valence-corrected chi connectivity index (χ3v) is 4.41.